The van der Waals surface area contributed by atoms with Gasteiger partial charge in [0.25, 0.3) is 0 Å². The van der Waals surface area contributed by atoms with Gasteiger partial charge in [0.05, 0.1) is 15.5 Å². The molecule has 0 unspecified atom stereocenters. The third-order valence-electron chi connectivity index (χ3n) is 8.33. The van der Waals surface area contributed by atoms with Crippen molar-refractivity contribution < 1.29 is 23.9 Å². The summed E-state index contributed by atoms with van der Waals surface area (Å²) in [7, 11) is 0. The average molecular weight is 675 g/mol. The van der Waals surface area contributed by atoms with Crippen molar-refractivity contribution in [1.29, 1.82) is 0 Å². The maximum atomic E-state index is 14.3. The van der Waals surface area contributed by atoms with Gasteiger partial charge < -0.3 is 30.1 Å². The van der Waals surface area contributed by atoms with Gasteiger partial charge in [0.1, 0.15) is 11.6 Å². The monoisotopic (exact) mass is 673 g/mol. The molecule has 250 valence electrons. The van der Waals surface area contributed by atoms with E-state index >= 15 is 0 Å². The molecule has 2 aromatic rings. The highest BCUT2D eigenvalue weighted by Crippen LogP contribution is 2.35. The Balaban J connectivity index is 1.53. The Morgan fingerprint density at radius 3 is 2.20 bits per heavy atom. The number of piperazine rings is 1. The zero-order chi connectivity index (χ0) is 33.5. The molecular weight excluding hydrogens is 629 g/mol. The number of hydrogen-bond acceptors (Lipinski definition) is 5. The lowest BCUT2D eigenvalue weighted by atomic mass is 9.74. The number of benzene rings is 2. The molecule has 0 aromatic heterocycles. The van der Waals surface area contributed by atoms with Gasteiger partial charge in [-0.3, -0.25) is 9.59 Å². The zero-order valence-corrected chi connectivity index (χ0v) is 28.6. The minimum atomic E-state index is -0.921. The van der Waals surface area contributed by atoms with Crippen LogP contribution in [0.15, 0.2) is 48.5 Å². The van der Waals surface area contributed by atoms with Crippen molar-refractivity contribution in [2.45, 2.75) is 65.0 Å². The number of nitrogens with zero attached hydrogens (tertiary/aromatic N) is 3. The summed E-state index contributed by atoms with van der Waals surface area (Å²) in [6, 6.07) is 13.6. The summed E-state index contributed by atoms with van der Waals surface area (Å²) >= 11 is 12.5. The van der Waals surface area contributed by atoms with Gasteiger partial charge in [-0.25, -0.2) is 9.59 Å². The van der Waals surface area contributed by atoms with Crippen molar-refractivity contribution >= 4 is 47.1 Å². The molecule has 2 atom stereocenters. The van der Waals surface area contributed by atoms with Crippen LogP contribution in [0.1, 0.15) is 51.7 Å². The second-order valence-corrected chi connectivity index (χ2v) is 13.9. The van der Waals surface area contributed by atoms with E-state index in [0.717, 1.165) is 11.1 Å². The first-order chi connectivity index (χ1) is 21.8. The summed E-state index contributed by atoms with van der Waals surface area (Å²) in [6.07, 6.45) is 1.55. The van der Waals surface area contributed by atoms with Crippen molar-refractivity contribution in [3.8, 4) is 0 Å². The minimum Gasteiger partial charge on any atom is -0.444 e. The van der Waals surface area contributed by atoms with Gasteiger partial charge in [0.15, 0.2) is 0 Å². The molecule has 10 nitrogen and oxygen atoms in total. The van der Waals surface area contributed by atoms with E-state index in [2.05, 4.69) is 10.6 Å². The molecule has 2 aliphatic rings. The number of carbonyl (C=O) groups excluding carboxylic acids is 4. The van der Waals surface area contributed by atoms with Crippen LogP contribution in [-0.2, 0) is 27.2 Å². The van der Waals surface area contributed by atoms with Gasteiger partial charge in [-0.15, -0.1) is 0 Å². The summed E-state index contributed by atoms with van der Waals surface area (Å²) < 4.78 is 5.48. The fourth-order valence-corrected chi connectivity index (χ4v) is 6.37. The zero-order valence-electron chi connectivity index (χ0n) is 27.1. The Kier molecular flexibility index (Phi) is 11.8. The van der Waals surface area contributed by atoms with Crippen LogP contribution in [0.4, 0.5) is 9.59 Å². The molecule has 0 saturated carbocycles. The highest BCUT2D eigenvalue weighted by atomic mass is 35.5. The highest BCUT2D eigenvalue weighted by Gasteiger charge is 2.44. The van der Waals surface area contributed by atoms with Crippen molar-refractivity contribution in [3.05, 3.63) is 69.7 Å². The summed E-state index contributed by atoms with van der Waals surface area (Å²) in [5, 5.41) is 6.71. The molecule has 0 spiro atoms. The van der Waals surface area contributed by atoms with E-state index in [1.54, 1.807) is 32.9 Å². The Morgan fingerprint density at radius 2 is 1.57 bits per heavy atom. The Hall–Kier alpha value is -3.50. The average Bonchev–Trinajstić information content (AvgIpc) is 3.02. The van der Waals surface area contributed by atoms with Gasteiger partial charge >= 0.3 is 12.1 Å². The number of ether oxygens (including phenoxy) is 1. The van der Waals surface area contributed by atoms with Crippen molar-refractivity contribution in [3.63, 3.8) is 0 Å². The van der Waals surface area contributed by atoms with Crippen LogP contribution in [0.5, 0.6) is 0 Å². The quantitative estimate of drug-likeness (QED) is 0.403. The van der Waals surface area contributed by atoms with Crippen molar-refractivity contribution in [2.75, 3.05) is 45.8 Å². The first-order valence-corrected chi connectivity index (χ1v) is 16.6. The topological polar surface area (TPSA) is 111 Å². The molecular formula is C34H45Cl2N5O5. The summed E-state index contributed by atoms with van der Waals surface area (Å²) in [5.41, 5.74) is 0.337. The molecule has 0 aliphatic carbocycles. The highest BCUT2D eigenvalue weighted by molar-refractivity contribution is 6.42. The normalized spacial score (nSPS) is 19.3. The third-order valence-corrected chi connectivity index (χ3v) is 9.07. The maximum absolute atomic E-state index is 14.3. The number of nitrogens with one attached hydrogen (secondary N) is 2. The van der Waals surface area contributed by atoms with E-state index < -0.39 is 29.2 Å². The molecule has 46 heavy (non-hydrogen) atoms. The minimum absolute atomic E-state index is 0.0794. The lowest BCUT2D eigenvalue weighted by Gasteiger charge is -2.43. The number of halogens is 2. The van der Waals surface area contributed by atoms with Gasteiger partial charge in [-0.2, -0.15) is 0 Å². The lowest BCUT2D eigenvalue weighted by molar-refractivity contribution is -0.142. The maximum Gasteiger partial charge on any atom is 0.410 e. The second kappa shape index (κ2) is 15.4. The summed E-state index contributed by atoms with van der Waals surface area (Å²) in [6.45, 7) is 9.71. The summed E-state index contributed by atoms with van der Waals surface area (Å²) in [5.74, 6) is -0.350. The molecule has 5 amide bonds. The van der Waals surface area contributed by atoms with Crippen LogP contribution in [0.2, 0.25) is 10.0 Å². The van der Waals surface area contributed by atoms with E-state index in [9.17, 15) is 19.2 Å². The molecule has 2 aromatic carbocycles. The number of piperidine rings is 1. The number of hydrogen-bond donors (Lipinski definition) is 2. The molecule has 2 saturated heterocycles. The van der Waals surface area contributed by atoms with E-state index in [-0.39, 0.29) is 24.8 Å². The van der Waals surface area contributed by atoms with Crippen LogP contribution < -0.4 is 10.6 Å². The molecule has 2 heterocycles. The Bertz CT molecular complexity index is 1390. The molecule has 4 rings (SSSR count). The van der Waals surface area contributed by atoms with E-state index in [1.165, 1.54) is 0 Å². The van der Waals surface area contributed by atoms with Gasteiger partial charge in [0.2, 0.25) is 11.8 Å². The lowest BCUT2D eigenvalue weighted by Crippen LogP contribution is -2.60. The predicted octanol–water partition coefficient (Wildman–Crippen LogP) is 5.15. The molecule has 0 radical (unpaired) electrons. The molecule has 12 heteroatoms. The molecule has 2 N–H and O–H groups in total. The molecule has 0 bridgehead atoms. The van der Waals surface area contributed by atoms with Gasteiger partial charge in [0, 0.05) is 52.2 Å². The number of carbonyl (C=O) groups is 4. The first kappa shape index (κ1) is 35.4. The summed E-state index contributed by atoms with van der Waals surface area (Å²) in [4.78, 5) is 58.9. The van der Waals surface area contributed by atoms with Gasteiger partial charge in [-0.05, 0) is 70.2 Å². The van der Waals surface area contributed by atoms with Crippen LogP contribution in [0.25, 0.3) is 0 Å². The second-order valence-electron chi connectivity index (χ2n) is 13.1. The Morgan fingerprint density at radius 1 is 0.891 bits per heavy atom. The smallest absolute Gasteiger partial charge is 0.410 e. The fourth-order valence-electron chi connectivity index (χ4n) is 6.05. The predicted molar refractivity (Wildman–Crippen MR) is 179 cm³/mol. The van der Waals surface area contributed by atoms with Crippen LogP contribution >= 0.6 is 23.2 Å². The largest absolute Gasteiger partial charge is 0.444 e. The van der Waals surface area contributed by atoms with E-state index in [4.69, 9.17) is 27.9 Å². The van der Waals surface area contributed by atoms with E-state index in [1.807, 2.05) is 58.0 Å². The van der Waals surface area contributed by atoms with Crippen molar-refractivity contribution in [2.24, 2.45) is 5.41 Å². The SMILES string of the molecule is CCNC(=O)[C@]1(Cc2ccccc2)CCCN(C(=O)[C@@H](Cc2ccc(Cl)c(Cl)c2)NC(=O)N2CCN(C(=O)OC(C)(C)C)CC2)C1. The first-order valence-electron chi connectivity index (χ1n) is 15.9. The number of rotatable bonds is 8. The standard InChI is InChI=1S/C34H45Cl2N5O5/c1-5-37-30(43)34(22-24-10-7-6-8-11-24)14-9-15-41(23-34)29(42)28(21-25-12-13-26(35)27(36)20-25)38-31(44)39-16-18-40(19-17-39)32(45)46-33(2,3)4/h6-8,10-13,20,28H,5,9,14-19,21-23H2,1-4H3,(H,37,43)(H,38,44)/t28-,34+/m1/s1. The van der Waals surface area contributed by atoms with Crippen LogP contribution in [0.3, 0.4) is 0 Å². The van der Waals surface area contributed by atoms with Crippen LogP contribution in [0, 0.1) is 5.41 Å². The fraction of sp³-hybridized carbons (Fsp3) is 0.529. The Labute approximate surface area is 281 Å². The number of urea groups is 1. The van der Waals surface area contributed by atoms with Gasteiger partial charge in [-0.1, -0.05) is 59.6 Å². The molecule has 2 fully saturated rings. The number of amides is 5. The van der Waals surface area contributed by atoms with E-state index in [0.29, 0.717) is 68.6 Å². The third kappa shape index (κ3) is 9.28. The number of likely N-dealkylation sites (tertiary alicyclic amines) is 1. The molecule has 2 aliphatic heterocycles. The van der Waals surface area contributed by atoms with Crippen molar-refractivity contribution in [1.82, 2.24) is 25.3 Å². The van der Waals surface area contributed by atoms with Crippen LogP contribution in [-0.4, -0.2) is 96.1 Å².